The van der Waals surface area contributed by atoms with Gasteiger partial charge in [0.1, 0.15) is 4.60 Å². The summed E-state index contributed by atoms with van der Waals surface area (Å²) in [5.74, 6) is 0. The average molecular weight is 311 g/mol. The van der Waals surface area contributed by atoms with Gasteiger partial charge in [-0.1, -0.05) is 30.3 Å². The fourth-order valence-electron chi connectivity index (χ4n) is 1.94. The smallest absolute Gasteiger partial charge is 0.106 e. The molecule has 19 heavy (non-hydrogen) atoms. The molecule has 0 amide bonds. The van der Waals surface area contributed by atoms with Crippen molar-refractivity contribution in [3.8, 4) is 22.5 Å². The molecule has 3 aromatic rings. The normalized spacial score (nSPS) is 10.4. The molecule has 0 radical (unpaired) electrons. The van der Waals surface area contributed by atoms with Gasteiger partial charge in [0.05, 0.1) is 11.4 Å². The van der Waals surface area contributed by atoms with Crippen LogP contribution in [0.25, 0.3) is 22.5 Å². The van der Waals surface area contributed by atoms with E-state index in [2.05, 4.69) is 44.1 Å². The first-order valence-corrected chi connectivity index (χ1v) is 6.77. The van der Waals surface area contributed by atoms with E-state index in [9.17, 15) is 0 Å². The number of aromatic nitrogens is 2. The minimum atomic E-state index is 0.841. The molecule has 0 unspecified atom stereocenters. The lowest BCUT2D eigenvalue weighted by atomic mass is 10.1. The zero-order valence-corrected chi connectivity index (χ0v) is 11.7. The molecular weight excluding hydrogens is 300 g/mol. The second-order valence-electron chi connectivity index (χ2n) is 4.14. The van der Waals surface area contributed by atoms with Gasteiger partial charge >= 0.3 is 0 Å². The number of hydrogen-bond donors (Lipinski definition) is 0. The van der Waals surface area contributed by atoms with E-state index in [0.717, 1.165) is 27.1 Å². The maximum Gasteiger partial charge on any atom is 0.106 e. The molecule has 2 heterocycles. The standard InChI is InChI=1S/C16H11BrN2/c17-16-9-4-8-15(19-16)13-6-3-5-12(11-13)14-7-1-2-10-18-14/h1-11H. The Morgan fingerprint density at radius 1 is 0.737 bits per heavy atom. The van der Waals surface area contributed by atoms with Gasteiger partial charge in [-0.3, -0.25) is 4.98 Å². The van der Waals surface area contributed by atoms with Gasteiger partial charge in [-0.2, -0.15) is 0 Å². The van der Waals surface area contributed by atoms with Crippen LogP contribution < -0.4 is 0 Å². The van der Waals surface area contributed by atoms with Gasteiger partial charge in [-0.15, -0.1) is 0 Å². The number of rotatable bonds is 2. The predicted molar refractivity (Wildman–Crippen MR) is 80.6 cm³/mol. The summed E-state index contributed by atoms with van der Waals surface area (Å²) in [5.41, 5.74) is 4.11. The van der Waals surface area contributed by atoms with E-state index >= 15 is 0 Å². The van der Waals surface area contributed by atoms with E-state index in [1.165, 1.54) is 0 Å². The van der Waals surface area contributed by atoms with Crippen LogP contribution in [0.3, 0.4) is 0 Å². The molecule has 1 aromatic carbocycles. The first-order chi connectivity index (χ1) is 9.33. The zero-order chi connectivity index (χ0) is 13.1. The summed E-state index contributed by atoms with van der Waals surface area (Å²) in [6.45, 7) is 0. The van der Waals surface area contributed by atoms with Gasteiger partial charge in [0.2, 0.25) is 0 Å². The molecule has 0 aliphatic heterocycles. The molecule has 0 aliphatic rings. The lowest BCUT2D eigenvalue weighted by Gasteiger charge is -2.05. The van der Waals surface area contributed by atoms with E-state index in [4.69, 9.17) is 0 Å². The van der Waals surface area contributed by atoms with Crippen LogP contribution in [-0.2, 0) is 0 Å². The number of benzene rings is 1. The van der Waals surface area contributed by atoms with E-state index in [1.54, 1.807) is 6.20 Å². The third-order valence-electron chi connectivity index (χ3n) is 2.83. The highest BCUT2D eigenvalue weighted by molar-refractivity contribution is 9.10. The highest BCUT2D eigenvalue weighted by Crippen LogP contribution is 2.24. The summed E-state index contributed by atoms with van der Waals surface area (Å²) < 4.78 is 0.841. The molecule has 0 aliphatic carbocycles. The van der Waals surface area contributed by atoms with Gasteiger partial charge in [0.25, 0.3) is 0 Å². The number of pyridine rings is 2. The highest BCUT2D eigenvalue weighted by atomic mass is 79.9. The summed E-state index contributed by atoms with van der Waals surface area (Å²) >= 11 is 3.40. The topological polar surface area (TPSA) is 25.8 Å². The second-order valence-corrected chi connectivity index (χ2v) is 4.95. The maximum absolute atomic E-state index is 4.47. The summed E-state index contributed by atoms with van der Waals surface area (Å²) in [6.07, 6.45) is 1.80. The lowest BCUT2D eigenvalue weighted by molar-refractivity contribution is 1.27. The van der Waals surface area contributed by atoms with Crippen LogP contribution in [0, 0.1) is 0 Å². The Hall–Kier alpha value is -2.00. The summed E-state index contributed by atoms with van der Waals surface area (Å²) in [7, 11) is 0. The Bertz CT molecular complexity index is 696. The SMILES string of the molecule is Brc1cccc(-c2cccc(-c3ccccn3)c2)n1. The van der Waals surface area contributed by atoms with E-state index in [-0.39, 0.29) is 0 Å². The Kier molecular flexibility index (Phi) is 3.38. The van der Waals surface area contributed by atoms with Crippen LogP contribution in [0.4, 0.5) is 0 Å². The predicted octanol–water partition coefficient (Wildman–Crippen LogP) is 4.57. The molecule has 0 bridgehead atoms. The second kappa shape index (κ2) is 5.33. The molecule has 0 spiro atoms. The van der Waals surface area contributed by atoms with Crippen molar-refractivity contribution in [1.82, 2.24) is 9.97 Å². The highest BCUT2D eigenvalue weighted by Gasteiger charge is 2.03. The molecule has 0 N–H and O–H groups in total. The van der Waals surface area contributed by atoms with Crippen molar-refractivity contribution >= 4 is 15.9 Å². The van der Waals surface area contributed by atoms with Crippen LogP contribution in [-0.4, -0.2) is 9.97 Å². The monoisotopic (exact) mass is 310 g/mol. The fourth-order valence-corrected chi connectivity index (χ4v) is 2.28. The van der Waals surface area contributed by atoms with Crippen molar-refractivity contribution in [2.45, 2.75) is 0 Å². The third-order valence-corrected chi connectivity index (χ3v) is 3.28. The fraction of sp³-hybridized carbons (Fsp3) is 0. The Morgan fingerprint density at radius 2 is 1.47 bits per heavy atom. The van der Waals surface area contributed by atoms with Gasteiger partial charge in [0, 0.05) is 17.3 Å². The van der Waals surface area contributed by atoms with Crippen molar-refractivity contribution in [3.63, 3.8) is 0 Å². The molecule has 3 heteroatoms. The van der Waals surface area contributed by atoms with Crippen molar-refractivity contribution in [1.29, 1.82) is 0 Å². The number of halogens is 1. The van der Waals surface area contributed by atoms with Crippen LogP contribution in [0.15, 0.2) is 71.5 Å². The summed E-state index contributed by atoms with van der Waals surface area (Å²) in [5, 5.41) is 0. The van der Waals surface area contributed by atoms with Crippen molar-refractivity contribution in [3.05, 3.63) is 71.5 Å². The molecule has 2 aromatic heterocycles. The number of hydrogen-bond acceptors (Lipinski definition) is 2. The minimum Gasteiger partial charge on any atom is -0.256 e. The largest absolute Gasteiger partial charge is 0.256 e. The summed E-state index contributed by atoms with van der Waals surface area (Å²) in [6, 6.07) is 20.1. The van der Waals surface area contributed by atoms with Crippen molar-refractivity contribution in [2.75, 3.05) is 0 Å². The molecule has 0 fully saturated rings. The van der Waals surface area contributed by atoms with Crippen molar-refractivity contribution < 1.29 is 0 Å². The molecule has 0 saturated heterocycles. The van der Waals surface area contributed by atoms with E-state index < -0.39 is 0 Å². The van der Waals surface area contributed by atoms with Crippen LogP contribution in [0.2, 0.25) is 0 Å². The molecule has 92 valence electrons. The minimum absolute atomic E-state index is 0.841. The zero-order valence-electron chi connectivity index (χ0n) is 10.1. The molecular formula is C16H11BrN2. The first kappa shape index (κ1) is 12.1. The Morgan fingerprint density at radius 3 is 2.21 bits per heavy atom. The summed E-state index contributed by atoms with van der Waals surface area (Å²) in [4.78, 5) is 8.85. The van der Waals surface area contributed by atoms with E-state index in [1.807, 2.05) is 42.5 Å². The molecule has 3 rings (SSSR count). The van der Waals surface area contributed by atoms with Crippen LogP contribution >= 0.6 is 15.9 Å². The lowest BCUT2D eigenvalue weighted by Crippen LogP contribution is -1.86. The third kappa shape index (κ3) is 2.71. The van der Waals surface area contributed by atoms with Crippen LogP contribution in [0.1, 0.15) is 0 Å². The Labute approximate surface area is 120 Å². The first-order valence-electron chi connectivity index (χ1n) is 5.97. The Balaban J connectivity index is 2.06. The average Bonchev–Trinajstić information content (AvgIpc) is 2.48. The maximum atomic E-state index is 4.47. The molecule has 2 nitrogen and oxygen atoms in total. The van der Waals surface area contributed by atoms with Gasteiger partial charge < -0.3 is 0 Å². The van der Waals surface area contributed by atoms with Gasteiger partial charge in [-0.05, 0) is 46.3 Å². The van der Waals surface area contributed by atoms with E-state index in [0.29, 0.717) is 0 Å². The molecule has 0 atom stereocenters. The van der Waals surface area contributed by atoms with Gasteiger partial charge in [0.15, 0.2) is 0 Å². The quantitative estimate of drug-likeness (QED) is 0.648. The van der Waals surface area contributed by atoms with Crippen LogP contribution in [0.5, 0.6) is 0 Å². The van der Waals surface area contributed by atoms with Crippen molar-refractivity contribution in [2.24, 2.45) is 0 Å². The molecule has 0 saturated carbocycles. The van der Waals surface area contributed by atoms with Gasteiger partial charge in [-0.25, -0.2) is 4.98 Å². The number of nitrogens with zero attached hydrogens (tertiary/aromatic N) is 2.